The van der Waals surface area contributed by atoms with Crippen molar-refractivity contribution in [2.45, 2.75) is 6.92 Å². The van der Waals surface area contributed by atoms with Crippen molar-refractivity contribution in [3.8, 4) is 0 Å². The molecule has 1 aliphatic rings. The van der Waals surface area contributed by atoms with Gasteiger partial charge in [0.15, 0.2) is 5.78 Å². The lowest BCUT2D eigenvalue weighted by molar-refractivity contribution is 0.101. The van der Waals surface area contributed by atoms with Gasteiger partial charge < -0.3 is 11.5 Å². The summed E-state index contributed by atoms with van der Waals surface area (Å²) in [5.74, 6) is -0.0127. The number of carbonyl (C=O) groups excluding carboxylic acids is 1. The van der Waals surface area contributed by atoms with Gasteiger partial charge in [0, 0.05) is 11.1 Å². The van der Waals surface area contributed by atoms with Crippen LogP contribution in [-0.4, -0.2) is 18.0 Å². The van der Waals surface area contributed by atoms with Crippen molar-refractivity contribution in [2.24, 2.45) is 4.99 Å². The molecule has 4 nitrogen and oxygen atoms in total. The molecule has 0 atom stereocenters. The van der Waals surface area contributed by atoms with E-state index < -0.39 is 0 Å². The topological polar surface area (TPSA) is 81.5 Å². The quantitative estimate of drug-likeness (QED) is 0.534. The molecule has 2 rings (SSSR count). The van der Waals surface area contributed by atoms with Crippen LogP contribution in [0.3, 0.4) is 0 Å². The van der Waals surface area contributed by atoms with Crippen LogP contribution < -0.4 is 11.5 Å². The molecule has 0 saturated carbocycles. The summed E-state index contributed by atoms with van der Waals surface area (Å²) in [5, 5.41) is 0. The maximum Gasteiger partial charge on any atom is 0.160 e. The van der Waals surface area contributed by atoms with Crippen LogP contribution in [-0.2, 0) is 0 Å². The number of hydrogen-bond acceptors (Lipinski definition) is 4. The summed E-state index contributed by atoms with van der Waals surface area (Å²) in [5.41, 5.74) is 14.6. The molecule has 4 N–H and O–H groups in total. The van der Waals surface area contributed by atoms with E-state index in [9.17, 15) is 4.79 Å². The zero-order valence-electron chi connectivity index (χ0n) is 7.87. The van der Waals surface area contributed by atoms with Crippen molar-refractivity contribution >= 4 is 22.9 Å². The van der Waals surface area contributed by atoms with Crippen molar-refractivity contribution in [3.05, 3.63) is 23.3 Å². The molecule has 0 aromatic heterocycles. The molecule has 0 aliphatic carbocycles. The fraction of sp³-hybridized carbons (Fsp3) is 0.200. The first-order valence-corrected chi connectivity index (χ1v) is 4.33. The molecular formula is C10H11N3O. The third-order valence-electron chi connectivity index (χ3n) is 2.23. The summed E-state index contributed by atoms with van der Waals surface area (Å²) in [6.07, 6.45) is 0. The van der Waals surface area contributed by atoms with Gasteiger partial charge in [-0.1, -0.05) is 0 Å². The normalized spacial score (nSPS) is 13.6. The number of benzene rings is 1. The van der Waals surface area contributed by atoms with E-state index in [1.54, 1.807) is 12.1 Å². The number of aliphatic imine (C=N–C) groups is 1. The smallest absolute Gasteiger partial charge is 0.160 e. The maximum absolute atomic E-state index is 11.3. The summed E-state index contributed by atoms with van der Waals surface area (Å²) in [6, 6.07) is 3.34. The minimum absolute atomic E-state index is 0.0127. The first-order valence-electron chi connectivity index (χ1n) is 4.33. The van der Waals surface area contributed by atoms with Crippen molar-refractivity contribution in [1.29, 1.82) is 0 Å². The third-order valence-corrected chi connectivity index (χ3v) is 2.23. The number of ketones is 1. The van der Waals surface area contributed by atoms with Gasteiger partial charge in [0.2, 0.25) is 0 Å². The van der Waals surface area contributed by atoms with Gasteiger partial charge in [0.25, 0.3) is 0 Å². The second-order valence-corrected chi connectivity index (χ2v) is 3.35. The molecule has 0 fully saturated rings. The van der Waals surface area contributed by atoms with Gasteiger partial charge in [0.05, 0.1) is 23.6 Å². The Balaban J connectivity index is 2.61. The Morgan fingerprint density at radius 3 is 2.43 bits per heavy atom. The number of rotatable bonds is 2. The standard InChI is InChI=1S/C10H11N3O/c1-5(14)6-2-8(11)9(12)3-7(6)10-4-13-10/h2-3H,4,11-12H2,1H3. The third kappa shape index (κ3) is 1.35. The van der Waals surface area contributed by atoms with Crippen LogP contribution in [0, 0.1) is 0 Å². The first-order chi connectivity index (χ1) is 6.59. The lowest BCUT2D eigenvalue weighted by Crippen LogP contribution is -2.06. The van der Waals surface area contributed by atoms with Crippen molar-refractivity contribution < 1.29 is 4.79 Å². The number of Topliss-reactive ketones (excluding diaryl/α,β-unsaturated/α-hetero) is 1. The second kappa shape index (κ2) is 2.83. The zero-order valence-corrected chi connectivity index (χ0v) is 7.87. The minimum Gasteiger partial charge on any atom is -0.397 e. The van der Waals surface area contributed by atoms with Crippen LogP contribution >= 0.6 is 0 Å². The number of nitrogens with two attached hydrogens (primary N) is 2. The summed E-state index contributed by atoms with van der Waals surface area (Å²) >= 11 is 0. The highest BCUT2D eigenvalue weighted by Gasteiger charge is 2.20. The highest BCUT2D eigenvalue weighted by Crippen LogP contribution is 2.25. The van der Waals surface area contributed by atoms with Crippen LogP contribution in [0.4, 0.5) is 11.4 Å². The molecule has 1 heterocycles. The van der Waals surface area contributed by atoms with Crippen molar-refractivity contribution in [1.82, 2.24) is 0 Å². The Morgan fingerprint density at radius 2 is 1.93 bits per heavy atom. The molecule has 0 unspecified atom stereocenters. The SMILES string of the molecule is CC(=O)c1cc(N)c(N)cc1C1=NC1. The van der Waals surface area contributed by atoms with Crippen LogP contribution in [0.25, 0.3) is 0 Å². The average Bonchev–Trinajstić information content (AvgIpc) is 2.91. The second-order valence-electron chi connectivity index (χ2n) is 3.35. The molecule has 1 aliphatic heterocycles. The van der Waals surface area contributed by atoms with Crippen molar-refractivity contribution in [2.75, 3.05) is 18.0 Å². The number of nitrogens with zero attached hydrogens (tertiary/aromatic N) is 1. The Morgan fingerprint density at radius 1 is 1.36 bits per heavy atom. The van der Waals surface area contributed by atoms with Gasteiger partial charge in [0.1, 0.15) is 0 Å². The molecule has 1 aromatic rings. The molecule has 14 heavy (non-hydrogen) atoms. The van der Waals surface area contributed by atoms with Gasteiger partial charge in [-0.05, 0) is 19.1 Å². The van der Waals surface area contributed by atoms with E-state index in [1.807, 2.05) is 0 Å². The maximum atomic E-state index is 11.3. The summed E-state index contributed by atoms with van der Waals surface area (Å²) in [4.78, 5) is 15.4. The number of hydrogen-bond donors (Lipinski definition) is 2. The molecule has 0 radical (unpaired) electrons. The van der Waals surface area contributed by atoms with E-state index in [-0.39, 0.29) is 5.78 Å². The Kier molecular flexibility index (Phi) is 1.77. The lowest BCUT2D eigenvalue weighted by atomic mass is 10.0. The fourth-order valence-electron chi connectivity index (χ4n) is 1.37. The predicted octanol–water partition coefficient (Wildman–Crippen LogP) is 0.856. The fourth-order valence-corrected chi connectivity index (χ4v) is 1.37. The molecule has 4 heteroatoms. The molecule has 0 bridgehead atoms. The Hall–Kier alpha value is -1.84. The Bertz CT molecular complexity index is 422. The number of anilines is 2. The summed E-state index contributed by atoms with van der Waals surface area (Å²) in [7, 11) is 0. The molecule has 0 amide bonds. The van der Waals surface area contributed by atoms with E-state index in [0.29, 0.717) is 23.5 Å². The van der Waals surface area contributed by atoms with Crippen molar-refractivity contribution in [3.63, 3.8) is 0 Å². The largest absolute Gasteiger partial charge is 0.397 e. The van der Waals surface area contributed by atoms with E-state index in [4.69, 9.17) is 11.5 Å². The van der Waals surface area contributed by atoms with E-state index in [0.717, 1.165) is 11.3 Å². The van der Waals surface area contributed by atoms with Gasteiger partial charge in [-0.3, -0.25) is 9.79 Å². The van der Waals surface area contributed by atoms with Gasteiger partial charge >= 0.3 is 0 Å². The molecule has 0 saturated heterocycles. The zero-order chi connectivity index (χ0) is 10.3. The van der Waals surface area contributed by atoms with Crippen LogP contribution in [0.2, 0.25) is 0 Å². The van der Waals surface area contributed by atoms with Crippen LogP contribution in [0.15, 0.2) is 17.1 Å². The van der Waals surface area contributed by atoms with E-state index in [2.05, 4.69) is 4.99 Å². The average molecular weight is 189 g/mol. The predicted molar refractivity (Wildman–Crippen MR) is 56.7 cm³/mol. The van der Waals surface area contributed by atoms with Crippen LogP contribution in [0.5, 0.6) is 0 Å². The summed E-state index contributed by atoms with van der Waals surface area (Å²) in [6.45, 7) is 2.21. The molecule has 0 spiro atoms. The lowest BCUT2D eigenvalue weighted by Gasteiger charge is -2.06. The first kappa shape index (κ1) is 8.74. The highest BCUT2D eigenvalue weighted by molar-refractivity contribution is 6.17. The molecule has 1 aromatic carbocycles. The Labute approximate surface area is 81.6 Å². The van der Waals surface area contributed by atoms with Gasteiger partial charge in [-0.25, -0.2) is 0 Å². The van der Waals surface area contributed by atoms with Crippen LogP contribution in [0.1, 0.15) is 22.8 Å². The highest BCUT2D eigenvalue weighted by atomic mass is 16.1. The molecule has 72 valence electrons. The summed E-state index contributed by atoms with van der Waals surface area (Å²) < 4.78 is 0. The van der Waals surface area contributed by atoms with Gasteiger partial charge in [-0.2, -0.15) is 0 Å². The number of nitrogen functional groups attached to an aromatic ring is 2. The van der Waals surface area contributed by atoms with E-state index >= 15 is 0 Å². The monoisotopic (exact) mass is 189 g/mol. The van der Waals surface area contributed by atoms with E-state index in [1.165, 1.54) is 6.92 Å². The minimum atomic E-state index is -0.0127. The van der Waals surface area contributed by atoms with Gasteiger partial charge in [-0.15, -0.1) is 0 Å². The molecular weight excluding hydrogens is 178 g/mol. The number of carbonyl (C=O) groups is 1.